The minimum Gasteiger partial charge on any atom is -0.289 e. The summed E-state index contributed by atoms with van der Waals surface area (Å²) in [4.78, 5) is 11.7. The van der Waals surface area contributed by atoms with Crippen LogP contribution in [0.15, 0.2) is 0 Å². The minimum atomic E-state index is -2.94. The molecule has 0 saturated heterocycles. The Morgan fingerprint density at radius 2 is 2.00 bits per heavy atom. The first-order chi connectivity index (χ1) is 8.16. The molecule has 0 radical (unpaired) electrons. The molecule has 0 aromatic rings. The van der Waals surface area contributed by atoms with E-state index in [0.29, 0.717) is 5.75 Å². The van der Waals surface area contributed by atoms with Crippen molar-refractivity contribution in [1.82, 2.24) is 5.09 Å². The third kappa shape index (κ3) is 7.37. The quantitative estimate of drug-likeness (QED) is 0.372. The first-order valence-electron chi connectivity index (χ1n) is 4.99. The molecule has 2 atom stereocenters. The van der Waals surface area contributed by atoms with Gasteiger partial charge in [-0.05, 0) is 12.7 Å². The van der Waals surface area contributed by atoms with Crippen LogP contribution in [-0.2, 0) is 9.36 Å². The molecule has 0 bridgehead atoms. The number of carbonyl (C=O) groups excluding carboxylic acids is 1. The molecule has 0 aliphatic carbocycles. The topological polar surface area (TPSA) is 46.2 Å². The van der Waals surface area contributed by atoms with Gasteiger partial charge in [-0.1, -0.05) is 70.9 Å². The van der Waals surface area contributed by atoms with Crippen LogP contribution in [0.1, 0.15) is 19.8 Å². The Balaban J connectivity index is 4.53. The van der Waals surface area contributed by atoms with E-state index < -0.39 is 20.8 Å². The van der Waals surface area contributed by atoms with Crippen LogP contribution in [0.5, 0.6) is 0 Å². The lowest BCUT2D eigenvalue weighted by atomic mass is 10.4. The number of rotatable bonds is 7. The minimum absolute atomic E-state index is 0.690. The number of nitrogens with one attached hydrogen (secondary N) is 1. The first kappa shape index (κ1) is 19.6. The van der Waals surface area contributed by atoms with Crippen molar-refractivity contribution in [2.75, 3.05) is 12.0 Å². The van der Waals surface area contributed by atoms with E-state index in [1.165, 1.54) is 11.4 Å². The van der Waals surface area contributed by atoms with Crippen molar-refractivity contribution in [2.24, 2.45) is 0 Å². The van der Waals surface area contributed by atoms with Gasteiger partial charge in [0.15, 0.2) is 5.38 Å². The number of alkyl halides is 4. The van der Waals surface area contributed by atoms with Crippen molar-refractivity contribution in [3.63, 3.8) is 0 Å². The van der Waals surface area contributed by atoms with Crippen LogP contribution in [0.4, 0.5) is 0 Å². The highest BCUT2D eigenvalue weighted by Crippen LogP contribution is 2.64. The number of unbranched alkanes of at least 4 members (excludes halogenated alkanes) is 1. The van der Waals surface area contributed by atoms with Crippen molar-refractivity contribution in [3.05, 3.63) is 0 Å². The second-order valence-electron chi connectivity index (χ2n) is 3.25. The third-order valence-electron chi connectivity index (χ3n) is 1.76. The lowest BCUT2D eigenvalue weighted by Gasteiger charge is -2.21. The molecular weight excluding hydrogens is 379 g/mol. The summed E-state index contributed by atoms with van der Waals surface area (Å²) in [5.74, 6) is -0.0475. The fourth-order valence-corrected chi connectivity index (χ4v) is 6.60. The molecule has 1 amide bonds. The summed E-state index contributed by atoms with van der Waals surface area (Å²) < 4.78 is 10.4. The monoisotopic (exact) mass is 391 g/mol. The van der Waals surface area contributed by atoms with Crippen molar-refractivity contribution in [3.8, 4) is 0 Å². The van der Waals surface area contributed by atoms with Crippen molar-refractivity contribution in [1.29, 1.82) is 0 Å². The summed E-state index contributed by atoms with van der Waals surface area (Å²) >= 11 is 24.5. The zero-order chi connectivity index (χ0) is 14.4. The molecule has 1 N–H and O–H groups in total. The van der Waals surface area contributed by atoms with Crippen molar-refractivity contribution < 1.29 is 9.36 Å². The van der Waals surface area contributed by atoms with Crippen molar-refractivity contribution in [2.45, 2.75) is 28.9 Å². The van der Waals surface area contributed by atoms with Gasteiger partial charge < -0.3 is 0 Å². The standard InChI is InChI=1S/C8H14Cl4NO2PS2/c1-3-4-5-18-16(15,17-2)13-7(14)6(9)8(10,11)12/h6H,3-5H2,1-2H3,(H,13,14,15). The molecule has 0 aliphatic rings. The third-order valence-corrected chi connectivity index (χ3v) is 10.9. The molecule has 0 spiro atoms. The maximum Gasteiger partial charge on any atom is 0.279 e. The van der Waals surface area contributed by atoms with E-state index in [1.807, 2.05) is 6.92 Å². The molecule has 2 unspecified atom stereocenters. The molecule has 0 aromatic carbocycles. The Morgan fingerprint density at radius 3 is 2.39 bits per heavy atom. The first-order valence-corrected chi connectivity index (χ1v) is 11.7. The van der Waals surface area contributed by atoms with Gasteiger partial charge in [0.1, 0.15) is 0 Å². The van der Waals surface area contributed by atoms with E-state index in [-0.39, 0.29) is 0 Å². The van der Waals surface area contributed by atoms with E-state index in [0.717, 1.165) is 24.2 Å². The van der Waals surface area contributed by atoms with Gasteiger partial charge in [-0.15, -0.1) is 11.6 Å². The average molecular weight is 393 g/mol. The van der Waals surface area contributed by atoms with Gasteiger partial charge in [-0.2, -0.15) is 0 Å². The summed E-state index contributed by atoms with van der Waals surface area (Å²) in [6.45, 7) is 2.03. The molecule has 10 heteroatoms. The molecule has 0 rings (SSSR count). The highest BCUT2D eigenvalue weighted by Gasteiger charge is 2.39. The predicted octanol–water partition coefficient (Wildman–Crippen LogP) is 5.08. The Kier molecular flexibility index (Phi) is 9.52. The highest BCUT2D eigenvalue weighted by molar-refractivity contribution is 8.90. The molecule has 0 fully saturated rings. The SMILES string of the molecule is CCCCSP(=O)(NC(=O)C(Cl)C(Cl)(Cl)Cl)SC. The Hall–Kier alpha value is 1.56. The molecule has 0 saturated carbocycles. The maximum atomic E-state index is 12.3. The van der Waals surface area contributed by atoms with Crippen LogP contribution in [0.25, 0.3) is 0 Å². The van der Waals surface area contributed by atoms with Crippen LogP contribution in [-0.4, -0.2) is 27.1 Å². The van der Waals surface area contributed by atoms with E-state index >= 15 is 0 Å². The van der Waals surface area contributed by atoms with Gasteiger partial charge in [0.05, 0.1) is 0 Å². The van der Waals surface area contributed by atoms with Gasteiger partial charge in [0.25, 0.3) is 5.70 Å². The number of hydrogen-bond donors (Lipinski definition) is 1. The number of hydrogen-bond acceptors (Lipinski definition) is 4. The molecule has 0 aliphatic heterocycles. The van der Waals surface area contributed by atoms with Crippen LogP contribution in [0.3, 0.4) is 0 Å². The van der Waals surface area contributed by atoms with Crippen LogP contribution in [0, 0.1) is 0 Å². The Morgan fingerprint density at radius 1 is 1.44 bits per heavy atom. The molecule has 3 nitrogen and oxygen atoms in total. The molecule has 18 heavy (non-hydrogen) atoms. The predicted molar refractivity (Wildman–Crippen MR) is 86.6 cm³/mol. The van der Waals surface area contributed by atoms with Crippen LogP contribution in [0.2, 0.25) is 0 Å². The fourth-order valence-electron chi connectivity index (χ4n) is 0.800. The zero-order valence-corrected chi connectivity index (χ0v) is 15.3. The Labute approximate surface area is 135 Å². The fraction of sp³-hybridized carbons (Fsp3) is 0.875. The average Bonchev–Trinajstić information content (AvgIpc) is 2.27. The lowest BCUT2D eigenvalue weighted by Crippen LogP contribution is -2.36. The lowest BCUT2D eigenvalue weighted by molar-refractivity contribution is -0.118. The van der Waals surface area contributed by atoms with Gasteiger partial charge >= 0.3 is 0 Å². The summed E-state index contributed by atoms with van der Waals surface area (Å²) in [5.41, 5.74) is -2.94. The van der Waals surface area contributed by atoms with E-state index in [4.69, 9.17) is 46.4 Å². The summed E-state index contributed by atoms with van der Waals surface area (Å²) in [6, 6.07) is 0. The van der Waals surface area contributed by atoms with Crippen molar-refractivity contribution >= 4 is 80.8 Å². The van der Waals surface area contributed by atoms with E-state index in [1.54, 1.807) is 6.26 Å². The number of amides is 1. The maximum absolute atomic E-state index is 12.3. The molecule has 0 aromatic heterocycles. The molecule has 108 valence electrons. The van der Waals surface area contributed by atoms with Crippen LogP contribution < -0.4 is 5.09 Å². The number of carbonyl (C=O) groups is 1. The van der Waals surface area contributed by atoms with E-state index in [2.05, 4.69) is 5.09 Å². The summed E-state index contributed by atoms with van der Waals surface area (Å²) in [5, 5.41) is 0.986. The van der Waals surface area contributed by atoms with Gasteiger partial charge in [0, 0.05) is 5.75 Å². The van der Waals surface area contributed by atoms with Gasteiger partial charge in [-0.25, -0.2) is 0 Å². The second-order valence-corrected chi connectivity index (χ2v) is 14.0. The molecule has 0 heterocycles. The zero-order valence-electron chi connectivity index (χ0n) is 9.79. The largest absolute Gasteiger partial charge is 0.289 e. The highest BCUT2D eigenvalue weighted by atomic mass is 35.6. The molecular formula is C8H14Cl4NO2PS2. The smallest absolute Gasteiger partial charge is 0.279 e. The van der Waals surface area contributed by atoms with E-state index in [9.17, 15) is 9.36 Å². The second kappa shape index (κ2) is 8.76. The normalized spacial score (nSPS) is 17.0. The Bertz CT molecular complexity index is 327. The van der Waals surface area contributed by atoms with Crippen LogP contribution >= 0.6 is 74.9 Å². The van der Waals surface area contributed by atoms with Gasteiger partial charge in [-0.3, -0.25) is 14.4 Å². The summed E-state index contributed by atoms with van der Waals surface area (Å²) in [7, 11) is 0. The summed E-state index contributed by atoms with van der Waals surface area (Å²) in [6.07, 6.45) is 3.56. The number of halogens is 4. The van der Waals surface area contributed by atoms with Gasteiger partial charge in [0.2, 0.25) is 9.70 Å².